The Bertz CT molecular complexity index is 459. The summed E-state index contributed by atoms with van der Waals surface area (Å²) in [6.45, 7) is 2.02. The van der Waals surface area contributed by atoms with Crippen LogP contribution < -0.4 is 11.6 Å². The van der Waals surface area contributed by atoms with E-state index in [0.29, 0.717) is 5.82 Å². The second kappa shape index (κ2) is 3.06. The van der Waals surface area contributed by atoms with E-state index < -0.39 is 0 Å². The Balaban J connectivity index is 2.60. The number of imidazole rings is 1. The number of nitrogen functional groups attached to an aromatic ring is 2. The van der Waals surface area contributed by atoms with E-state index >= 15 is 0 Å². The average Bonchev–Trinajstić information content (AvgIpc) is 2.49. The Kier molecular flexibility index (Phi) is 1.89. The van der Waals surface area contributed by atoms with Gasteiger partial charge in [-0.25, -0.2) is 9.66 Å². The molecule has 0 atom stereocenters. The summed E-state index contributed by atoms with van der Waals surface area (Å²) >= 11 is 0. The fraction of sp³-hybridized carbons (Fsp3) is 0.100. The molecule has 0 amide bonds. The third-order valence-electron chi connectivity index (χ3n) is 2.23. The van der Waals surface area contributed by atoms with Crippen molar-refractivity contribution < 1.29 is 0 Å². The largest absolute Gasteiger partial charge is 0.382 e. The minimum absolute atomic E-state index is 0.485. The summed E-state index contributed by atoms with van der Waals surface area (Å²) in [5.41, 5.74) is 8.68. The van der Waals surface area contributed by atoms with Crippen molar-refractivity contribution in [2.24, 2.45) is 0 Å². The van der Waals surface area contributed by atoms with E-state index in [-0.39, 0.29) is 0 Å². The number of aromatic nitrogens is 2. The molecule has 1 aromatic heterocycles. The van der Waals surface area contributed by atoms with Crippen molar-refractivity contribution in [1.29, 1.82) is 0 Å². The number of hydrogen-bond donors (Lipinski definition) is 2. The van der Waals surface area contributed by atoms with Crippen LogP contribution in [-0.2, 0) is 0 Å². The van der Waals surface area contributed by atoms with Crippen LogP contribution in [0, 0.1) is 6.92 Å². The summed E-state index contributed by atoms with van der Waals surface area (Å²) in [6, 6.07) is 7.93. The molecule has 0 radical (unpaired) electrons. The first-order valence-electron chi connectivity index (χ1n) is 4.34. The quantitative estimate of drug-likeness (QED) is 0.659. The number of nitrogens with two attached hydrogens (primary N) is 2. The Morgan fingerprint density at radius 3 is 2.57 bits per heavy atom. The molecule has 0 fully saturated rings. The Morgan fingerprint density at radius 2 is 2.00 bits per heavy atom. The average molecular weight is 188 g/mol. The molecule has 2 rings (SSSR count). The number of benzene rings is 1. The van der Waals surface area contributed by atoms with E-state index in [9.17, 15) is 0 Å². The van der Waals surface area contributed by atoms with Gasteiger partial charge in [0.15, 0.2) is 5.82 Å². The lowest BCUT2D eigenvalue weighted by atomic mass is 10.1. The molecule has 1 heterocycles. The highest BCUT2D eigenvalue weighted by Crippen LogP contribution is 2.25. The first-order valence-corrected chi connectivity index (χ1v) is 4.34. The lowest BCUT2D eigenvalue weighted by Crippen LogP contribution is -2.10. The van der Waals surface area contributed by atoms with Crippen molar-refractivity contribution in [1.82, 2.24) is 9.66 Å². The summed E-state index contributed by atoms with van der Waals surface area (Å²) in [6.07, 6.45) is 1.51. The monoisotopic (exact) mass is 188 g/mol. The third-order valence-corrected chi connectivity index (χ3v) is 2.23. The molecule has 72 valence electrons. The zero-order valence-electron chi connectivity index (χ0n) is 7.94. The van der Waals surface area contributed by atoms with E-state index in [2.05, 4.69) is 4.98 Å². The minimum atomic E-state index is 0.485. The number of anilines is 1. The molecule has 4 heteroatoms. The molecule has 4 N–H and O–H groups in total. The predicted octanol–water partition coefficient (Wildman–Crippen LogP) is 1.15. The van der Waals surface area contributed by atoms with Gasteiger partial charge >= 0.3 is 0 Å². The van der Waals surface area contributed by atoms with Gasteiger partial charge in [-0.1, -0.05) is 24.3 Å². The van der Waals surface area contributed by atoms with Gasteiger partial charge in [-0.05, 0) is 12.5 Å². The zero-order valence-corrected chi connectivity index (χ0v) is 7.94. The van der Waals surface area contributed by atoms with E-state index in [1.807, 2.05) is 31.2 Å². The molecule has 0 unspecified atom stereocenters. The van der Waals surface area contributed by atoms with Crippen molar-refractivity contribution in [3.05, 3.63) is 36.2 Å². The maximum absolute atomic E-state index is 5.78. The molecule has 14 heavy (non-hydrogen) atoms. The highest BCUT2D eigenvalue weighted by molar-refractivity contribution is 5.72. The second-order valence-electron chi connectivity index (χ2n) is 3.20. The zero-order chi connectivity index (χ0) is 10.1. The molecule has 0 aliphatic rings. The normalized spacial score (nSPS) is 10.4. The SMILES string of the molecule is Cc1ccccc1-c1ncn(N)c1N. The van der Waals surface area contributed by atoms with Crippen LogP contribution in [0.5, 0.6) is 0 Å². The van der Waals surface area contributed by atoms with Gasteiger partial charge in [0.05, 0.1) is 0 Å². The highest BCUT2D eigenvalue weighted by Gasteiger charge is 2.09. The van der Waals surface area contributed by atoms with Gasteiger partial charge in [0, 0.05) is 5.56 Å². The van der Waals surface area contributed by atoms with Crippen LogP contribution in [0.3, 0.4) is 0 Å². The number of rotatable bonds is 1. The summed E-state index contributed by atoms with van der Waals surface area (Å²) in [5, 5.41) is 0. The van der Waals surface area contributed by atoms with Crippen LogP contribution in [0.4, 0.5) is 5.82 Å². The van der Waals surface area contributed by atoms with Crippen molar-refractivity contribution in [3.8, 4) is 11.3 Å². The lowest BCUT2D eigenvalue weighted by Gasteiger charge is -2.03. The molecule has 0 bridgehead atoms. The maximum atomic E-state index is 5.78. The predicted molar refractivity (Wildman–Crippen MR) is 57.0 cm³/mol. The molecule has 2 aromatic rings. The van der Waals surface area contributed by atoms with Crippen molar-refractivity contribution >= 4 is 5.82 Å². The van der Waals surface area contributed by atoms with Gasteiger partial charge in [0.25, 0.3) is 0 Å². The Morgan fingerprint density at radius 1 is 1.29 bits per heavy atom. The van der Waals surface area contributed by atoms with Crippen molar-refractivity contribution in [2.75, 3.05) is 11.6 Å². The minimum Gasteiger partial charge on any atom is -0.382 e. The van der Waals surface area contributed by atoms with E-state index in [0.717, 1.165) is 16.8 Å². The van der Waals surface area contributed by atoms with Crippen LogP contribution >= 0.6 is 0 Å². The molecule has 0 aliphatic carbocycles. The lowest BCUT2D eigenvalue weighted by molar-refractivity contribution is 1.01. The first-order chi connectivity index (χ1) is 6.70. The first kappa shape index (κ1) is 8.62. The molecular formula is C10H12N4. The van der Waals surface area contributed by atoms with E-state index in [1.165, 1.54) is 11.0 Å². The van der Waals surface area contributed by atoms with Crippen LogP contribution in [0.1, 0.15) is 5.56 Å². The second-order valence-corrected chi connectivity index (χ2v) is 3.20. The van der Waals surface area contributed by atoms with Crippen molar-refractivity contribution in [3.63, 3.8) is 0 Å². The van der Waals surface area contributed by atoms with Gasteiger partial charge in [-0.3, -0.25) is 0 Å². The fourth-order valence-electron chi connectivity index (χ4n) is 1.42. The molecule has 4 nitrogen and oxygen atoms in total. The van der Waals surface area contributed by atoms with Crippen LogP contribution in [0.15, 0.2) is 30.6 Å². The van der Waals surface area contributed by atoms with Crippen LogP contribution in [0.2, 0.25) is 0 Å². The number of hydrogen-bond acceptors (Lipinski definition) is 3. The third kappa shape index (κ3) is 1.21. The number of nitrogens with zero attached hydrogens (tertiary/aromatic N) is 2. The van der Waals surface area contributed by atoms with Crippen LogP contribution in [-0.4, -0.2) is 9.66 Å². The maximum Gasteiger partial charge on any atom is 0.150 e. The van der Waals surface area contributed by atoms with Crippen molar-refractivity contribution in [2.45, 2.75) is 6.92 Å². The fourth-order valence-corrected chi connectivity index (χ4v) is 1.42. The van der Waals surface area contributed by atoms with Gasteiger partial charge in [-0.15, -0.1) is 0 Å². The summed E-state index contributed by atoms with van der Waals surface area (Å²) in [7, 11) is 0. The Hall–Kier alpha value is -1.97. The molecule has 0 saturated heterocycles. The standard InChI is InChI=1S/C10H12N4/c1-7-4-2-3-5-8(7)9-10(11)14(12)6-13-9/h2-6H,11-12H2,1H3. The van der Waals surface area contributed by atoms with Gasteiger partial charge in [0.1, 0.15) is 12.0 Å². The number of aryl methyl sites for hydroxylation is 1. The van der Waals surface area contributed by atoms with Gasteiger partial charge in [-0.2, -0.15) is 0 Å². The molecular weight excluding hydrogens is 176 g/mol. The summed E-state index contributed by atoms with van der Waals surface area (Å²) in [5.74, 6) is 6.04. The van der Waals surface area contributed by atoms with Gasteiger partial charge in [0.2, 0.25) is 0 Å². The molecule has 1 aromatic carbocycles. The molecule has 0 saturated carbocycles. The van der Waals surface area contributed by atoms with Gasteiger partial charge < -0.3 is 11.6 Å². The van der Waals surface area contributed by atoms with Crippen LogP contribution in [0.25, 0.3) is 11.3 Å². The summed E-state index contributed by atoms with van der Waals surface area (Å²) in [4.78, 5) is 4.16. The molecule has 0 spiro atoms. The molecule has 0 aliphatic heterocycles. The topological polar surface area (TPSA) is 69.9 Å². The highest BCUT2D eigenvalue weighted by atomic mass is 15.3. The smallest absolute Gasteiger partial charge is 0.150 e. The Labute approximate surface area is 82.1 Å². The summed E-state index contributed by atoms with van der Waals surface area (Å²) < 4.78 is 1.32. The van der Waals surface area contributed by atoms with E-state index in [1.54, 1.807) is 0 Å². The van der Waals surface area contributed by atoms with E-state index in [4.69, 9.17) is 11.6 Å².